The van der Waals surface area contributed by atoms with Crippen LogP contribution in [-0.2, 0) is 10.8 Å². The number of rotatable bonds is 8. The third-order valence-electron chi connectivity index (χ3n) is 16.5. The van der Waals surface area contributed by atoms with Crippen molar-refractivity contribution in [3.63, 3.8) is 0 Å². The van der Waals surface area contributed by atoms with E-state index < -0.39 is 0 Å². The Hall–Kier alpha value is -9.33. The molecule has 0 atom stereocenters. The van der Waals surface area contributed by atoms with Crippen molar-refractivity contribution < 1.29 is 0 Å². The predicted molar refractivity (Wildman–Crippen MR) is 355 cm³/mol. The lowest BCUT2D eigenvalue weighted by Crippen LogP contribution is -2.11. The van der Waals surface area contributed by atoms with Crippen LogP contribution in [-0.4, -0.2) is 19.5 Å². The third kappa shape index (κ3) is 8.84. The molecule has 15 aromatic rings. The first-order valence-corrected chi connectivity index (χ1v) is 30.2. The molecule has 11 aromatic carbocycles. The lowest BCUT2D eigenvalue weighted by Gasteiger charge is -2.25. The van der Waals surface area contributed by atoms with Gasteiger partial charge >= 0.3 is 0 Å². The second-order valence-corrected chi connectivity index (χ2v) is 26.2. The van der Waals surface area contributed by atoms with Crippen LogP contribution in [0.15, 0.2) is 243 Å². The first-order chi connectivity index (χ1) is 40.4. The van der Waals surface area contributed by atoms with Crippen LogP contribution in [0.4, 0.5) is 0 Å². The molecule has 0 saturated heterocycles. The van der Waals surface area contributed by atoms with Crippen molar-refractivity contribution in [1.82, 2.24) is 19.5 Å². The van der Waals surface area contributed by atoms with Crippen LogP contribution < -0.4 is 0 Å². The Morgan fingerprint density at radius 1 is 0.277 bits per heavy atom. The molecular formula is C77H58N4S2. The molecule has 15 rings (SSSR count). The molecule has 4 aromatic heterocycles. The zero-order chi connectivity index (χ0) is 56.1. The highest BCUT2D eigenvalue weighted by atomic mass is 32.1. The smallest absolute Gasteiger partial charge is 0.164 e. The topological polar surface area (TPSA) is 43.6 Å². The van der Waals surface area contributed by atoms with E-state index in [9.17, 15) is 0 Å². The number of benzene rings is 11. The zero-order valence-electron chi connectivity index (χ0n) is 47.2. The summed E-state index contributed by atoms with van der Waals surface area (Å²) in [5.41, 5.74) is 17.4. The molecule has 0 N–H and O–H groups in total. The third-order valence-corrected chi connectivity index (χ3v) is 18.8. The van der Waals surface area contributed by atoms with Gasteiger partial charge in [-0.1, -0.05) is 224 Å². The second kappa shape index (κ2) is 19.7. The van der Waals surface area contributed by atoms with Crippen LogP contribution in [0.25, 0.3) is 147 Å². The number of hydrogen-bond donors (Lipinski definition) is 0. The molecule has 0 spiro atoms. The van der Waals surface area contributed by atoms with Gasteiger partial charge in [-0.2, -0.15) is 0 Å². The van der Waals surface area contributed by atoms with Crippen molar-refractivity contribution in [2.45, 2.75) is 52.4 Å². The van der Waals surface area contributed by atoms with Crippen molar-refractivity contribution in [3.05, 3.63) is 254 Å². The van der Waals surface area contributed by atoms with E-state index in [2.05, 4.69) is 289 Å². The fourth-order valence-electron chi connectivity index (χ4n) is 12.2. The minimum atomic E-state index is -0.141. The Kier molecular flexibility index (Phi) is 12.0. The lowest BCUT2D eigenvalue weighted by molar-refractivity contribution is 0.590. The van der Waals surface area contributed by atoms with Gasteiger partial charge in [0.05, 0.1) is 16.7 Å². The Bertz CT molecular complexity index is 4710. The zero-order valence-corrected chi connectivity index (χ0v) is 48.8. The molecule has 0 radical (unpaired) electrons. The molecule has 0 bridgehead atoms. The Morgan fingerprint density at radius 3 is 1.00 bits per heavy atom. The number of thiophene rings is 2. The normalized spacial score (nSPS) is 12.2. The van der Waals surface area contributed by atoms with Gasteiger partial charge in [-0.3, -0.25) is 0 Å². The molecule has 0 fully saturated rings. The molecular weight excluding hydrogens is 1050 g/mol. The summed E-state index contributed by atoms with van der Waals surface area (Å²) in [6.45, 7) is 14.0. The van der Waals surface area contributed by atoms with Gasteiger partial charge in [0, 0.05) is 90.1 Å². The minimum absolute atomic E-state index is 0.141. The second-order valence-electron chi connectivity index (χ2n) is 24.0. The first kappa shape index (κ1) is 50.6. The van der Waals surface area contributed by atoms with Crippen molar-refractivity contribution in [1.29, 1.82) is 0 Å². The summed E-state index contributed by atoms with van der Waals surface area (Å²) in [4.78, 5) is 16.6. The van der Waals surface area contributed by atoms with Crippen LogP contribution in [0.3, 0.4) is 0 Å². The van der Waals surface area contributed by atoms with E-state index in [-0.39, 0.29) is 10.8 Å². The van der Waals surface area contributed by atoms with Gasteiger partial charge < -0.3 is 4.57 Å². The molecule has 0 saturated carbocycles. The van der Waals surface area contributed by atoms with Gasteiger partial charge in [0.25, 0.3) is 0 Å². The molecule has 0 amide bonds. The van der Waals surface area contributed by atoms with E-state index in [1.165, 1.54) is 73.4 Å². The lowest BCUT2D eigenvalue weighted by atomic mass is 9.82. The standard InChI is InChI=1S/C77H58N4S2/c1-76(2,3)54-43-62(49-27-15-9-16-28-49)71-64(45-54)65-46-55(77(4,5)6)44-63(50-29-17-10-18-30-50)72(65)81(71)70-60(47-23-11-7-12-24-47)39-53(40-61(70)48-25-13-8-14-26-48)75-79-73(51-35-37-58-56-31-19-21-33-66(56)82-68(58)41-51)78-74(80-75)52-36-38-59-57-32-20-22-34-67(57)83-69(59)42-52/h7-46H,1-6H3. The summed E-state index contributed by atoms with van der Waals surface area (Å²) in [5.74, 6) is 1.85. The highest BCUT2D eigenvalue weighted by Crippen LogP contribution is 2.50. The quantitative estimate of drug-likeness (QED) is 0.152. The van der Waals surface area contributed by atoms with E-state index in [0.717, 1.165) is 66.8 Å². The maximum atomic E-state index is 5.57. The van der Waals surface area contributed by atoms with Gasteiger partial charge in [-0.25, -0.2) is 15.0 Å². The van der Waals surface area contributed by atoms with E-state index in [1.807, 2.05) is 0 Å². The van der Waals surface area contributed by atoms with Crippen molar-refractivity contribution >= 4 is 84.8 Å². The van der Waals surface area contributed by atoms with E-state index in [4.69, 9.17) is 15.0 Å². The fourth-order valence-corrected chi connectivity index (χ4v) is 14.5. The van der Waals surface area contributed by atoms with Crippen molar-refractivity contribution in [2.75, 3.05) is 0 Å². The number of hydrogen-bond acceptors (Lipinski definition) is 5. The van der Waals surface area contributed by atoms with Crippen LogP contribution in [0.1, 0.15) is 52.7 Å². The van der Waals surface area contributed by atoms with Gasteiger partial charge in [0.15, 0.2) is 17.5 Å². The van der Waals surface area contributed by atoms with Crippen LogP contribution in [0, 0.1) is 0 Å². The Labute approximate surface area is 491 Å². The highest BCUT2D eigenvalue weighted by molar-refractivity contribution is 7.26. The average molecular weight is 1100 g/mol. The Balaban J connectivity index is 1.08. The Morgan fingerprint density at radius 2 is 0.614 bits per heavy atom. The molecule has 0 aliphatic rings. The SMILES string of the molecule is CC(C)(C)c1cc(-c2ccccc2)c2c(c1)c1cc(C(C)(C)C)cc(-c3ccccc3)c1n2-c1c(-c2ccccc2)cc(-c2nc(-c3ccc4c(c3)sc3ccccc34)nc(-c3ccc4c(c3)sc3ccccc34)n2)cc1-c1ccccc1. The molecule has 398 valence electrons. The first-order valence-electron chi connectivity index (χ1n) is 28.6. The van der Waals surface area contributed by atoms with Gasteiger partial charge in [0.2, 0.25) is 0 Å². The fraction of sp³-hybridized carbons (Fsp3) is 0.104. The predicted octanol–water partition coefficient (Wildman–Crippen LogP) is 22.0. The molecule has 0 aliphatic heterocycles. The van der Waals surface area contributed by atoms with Crippen LogP contribution >= 0.6 is 22.7 Å². The average Bonchev–Trinajstić information content (AvgIpc) is 2.67. The maximum absolute atomic E-state index is 5.57. The summed E-state index contributed by atoms with van der Waals surface area (Å²) in [6.07, 6.45) is 0. The molecule has 83 heavy (non-hydrogen) atoms. The van der Waals surface area contributed by atoms with Crippen LogP contribution in [0.2, 0.25) is 0 Å². The summed E-state index contributed by atoms with van der Waals surface area (Å²) in [6, 6.07) is 89.1. The largest absolute Gasteiger partial charge is 0.307 e. The van der Waals surface area contributed by atoms with Crippen molar-refractivity contribution in [2.24, 2.45) is 0 Å². The van der Waals surface area contributed by atoms with Gasteiger partial charge in [-0.05, 0) is 105 Å². The van der Waals surface area contributed by atoms with E-state index >= 15 is 0 Å². The monoisotopic (exact) mass is 1100 g/mol. The number of aromatic nitrogens is 4. The van der Waals surface area contributed by atoms with Crippen LogP contribution in [0.5, 0.6) is 0 Å². The molecule has 0 aliphatic carbocycles. The minimum Gasteiger partial charge on any atom is -0.307 e. The van der Waals surface area contributed by atoms with Gasteiger partial charge in [0.1, 0.15) is 0 Å². The van der Waals surface area contributed by atoms with Gasteiger partial charge in [-0.15, -0.1) is 22.7 Å². The maximum Gasteiger partial charge on any atom is 0.164 e. The molecule has 4 nitrogen and oxygen atoms in total. The highest BCUT2D eigenvalue weighted by Gasteiger charge is 2.30. The van der Waals surface area contributed by atoms with E-state index in [0.29, 0.717) is 17.5 Å². The van der Waals surface area contributed by atoms with E-state index in [1.54, 1.807) is 22.7 Å². The summed E-state index contributed by atoms with van der Waals surface area (Å²) < 4.78 is 7.54. The number of fused-ring (bicyclic) bond motifs is 9. The molecule has 6 heteroatoms. The molecule has 0 unspecified atom stereocenters. The summed E-state index contributed by atoms with van der Waals surface area (Å²) in [7, 11) is 0. The summed E-state index contributed by atoms with van der Waals surface area (Å²) >= 11 is 3.61. The number of nitrogens with zero attached hydrogens (tertiary/aromatic N) is 4. The summed E-state index contributed by atoms with van der Waals surface area (Å²) in [5, 5.41) is 7.41. The van der Waals surface area contributed by atoms with Crippen molar-refractivity contribution in [3.8, 4) is 84.4 Å². The molecule has 4 heterocycles.